The number of rotatable bonds is 6. The summed E-state index contributed by atoms with van der Waals surface area (Å²) < 4.78 is 26.0. The predicted octanol–water partition coefficient (Wildman–Crippen LogP) is 3.00. The van der Waals surface area contributed by atoms with Crippen molar-refractivity contribution in [1.29, 1.82) is 0 Å². The molecule has 0 heterocycles. The molecule has 1 amide bonds. The molecule has 3 rings (SSSR count). The number of fused-ring (bicyclic) bond motifs is 1. The Balaban J connectivity index is 1.82. The van der Waals surface area contributed by atoms with Crippen molar-refractivity contribution < 1.29 is 13.2 Å². The number of carbonyl (C=O) groups excluding carboxylic acids is 1. The predicted molar refractivity (Wildman–Crippen MR) is 106 cm³/mol. The van der Waals surface area contributed by atoms with Gasteiger partial charge in [0.15, 0.2) is 0 Å². The monoisotopic (exact) mass is 386 g/mol. The maximum absolute atomic E-state index is 13.1. The average molecular weight is 387 g/mol. The fourth-order valence-corrected chi connectivity index (χ4v) is 4.43. The van der Waals surface area contributed by atoms with Gasteiger partial charge in [-0.15, -0.1) is 0 Å². The van der Waals surface area contributed by atoms with Crippen molar-refractivity contribution in [1.82, 2.24) is 9.62 Å². The van der Waals surface area contributed by atoms with Gasteiger partial charge in [-0.05, 0) is 68.1 Å². The van der Waals surface area contributed by atoms with Crippen LogP contribution in [0.2, 0.25) is 0 Å². The van der Waals surface area contributed by atoms with Gasteiger partial charge in [0, 0.05) is 18.2 Å². The first-order valence-electron chi connectivity index (χ1n) is 9.37. The highest BCUT2D eigenvalue weighted by Gasteiger charge is 2.28. The van der Waals surface area contributed by atoms with Crippen LogP contribution in [-0.4, -0.2) is 38.9 Å². The molecule has 0 radical (unpaired) electrons. The number of hydrogen-bond acceptors (Lipinski definition) is 3. The number of benzene rings is 2. The highest BCUT2D eigenvalue weighted by atomic mass is 32.2. The van der Waals surface area contributed by atoms with E-state index in [1.54, 1.807) is 12.1 Å². The van der Waals surface area contributed by atoms with E-state index in [9.17, 15) is 13.2 Å². The van der Waals surface area contributed by atoms with Crippen LogP contribution < -0.4 is 4.72 Å². The minimum Gasteiger partial charge on any atom is -0.335 e. The lowest BCUT2D eigenvalue weighted by molar-refractivity contribution is 0.0661. The van der Waals surface area contributed by atoms with Gasteiger partial charge in [-0.3, -0.25) is 4.79 Å². The van der Waals surface area contributed by atoms with E-state index in [0.717, 1.165) is 25.7 Å². The Kier molecular flexibility index (Phi) is 5.97. The van der Waals surface area contributed by atoms with Gasteiger partial charge in [-0.1, -0.05) is 31.2 Å². The molecule has 2 aromatic carbocycles. The van der Waals surface area contributed by atoms with Gasteiger partial charge in [0.25, 0.3) is 5.91 Å². The molecule has 0 aliphatic heterocycles. The number of sulfonamides is 1. The van der Waals surface area contributed by atoms with Crippen LogP contribution in [0.15, 0.2) is 53.4 Å². The van der Waals surface area contributed by atoms with Crippen molar-refractivity contribution in [2.45, 2.75) is 43.5 Å². The number of aryl methyl sites for hydroxylation is 1. The summed E-state index contributed by atoms with van der Waals surface area (Å²) in [6.07, 6.45) is 3.69. The summed E-state index contributed by atoms with van der Waals surface area (Å²) in [6.45, 7) is 2.77. The highest BCUT2D eigenvalue weighted by Crippen LogP contribution is 2.26. The number of nitrogens with zero attached hydrogens (tertiary/aromatic N) is 1. The van der Waals surface area contributed by atoms with Crippen LogP contribution in [-0.2, 0) is 22.9 Å². The second-order valence-electron chi connectivity index (χ2n) is 6.90. The van der Waals surface area contributed by atoms with Gasteiger partial charge in [-0.2, -0.15) is 0 Å². The summed E-state index contributed by atoms with van der Waals surface area (Å²) in [5.41, 5.74) is 3.22. The van der Waals surface area contributed by atoms with E-state index in [2.05, 4.69) is 29.8 Å². The summed E-state index contributed by atoms with van der Waals surface area (Å²) in [4.78, 5) is 15.3. The summed E-state index contributed by atoms with van der Waals surface area (Å²) in [5.74, 6) is -0.0327. The van der Waals surface area contributed by atoms with Crippen molar-refractivity contribution in [3.63, 3.8) is 0 Å². The molecule has 1 aliphatic carbocycles. The molecule has 5 nitrogen and oxygen atoms in total. The van der Waals surface area contributed by atoms with Crippen LogP contribution in [0.5, 0.6) is 0 Å². The fraction of sp³-hybridized carbons (Fsp3) is 0.381. The van der Waals surface area contributed by atoms with Gasteiger partial charge in [0.2, 0.25) is 10.0 Å². The lowest BCUT2D eigenvalue weighted by Gasteiger charge is -2.35. The van der Waals surface area contributed by atoms with Gasteiger partial charge in [0.1, 0.15) is 0 Å². The molecule has 1 atom stereocenters. The number of amides is 1. The molecule has 0 spiro atoms. The number of carbonyl (C=O) groups is 1. The third-order valence-electron chi connectivity index (χ3n) is 5.17. The zero-order valence-electron chi connectivity index (χ0n) is 15.8. The normalized spacial score (nSPS) is 16.6. The van der Waals surface area contributed by atoms with Crippen molar-refractivity contribution in [3.8, 4) is 0 Å². The third-order valence-corrected chi connectivity index (χ3v) is 6.60. The molecule has 1 unspecified atom stereocenters. The highest BCUT2D eigenvalue weighted by molar-refractivity contribution is 7.89. The minimum atomic E-state index is -3.50. The molecule has 1 aliphatic rings. The first kappa shape index (κ1) is 19.6. The van der Waals surface area contributed by atoms with E-state index >= 15 is 0 Å². The van der Waals surface area contributed by atoms with Crippen LogP contribution in [0.3, 0.4) is 0 Å². The van der Waals surface area contributed by atoms with E-state index < -0.39 is 10.0 Å². The van der Waals surface area contributed by atoms with Gasteiger partial charge in [0.05, 0.1) is 4.90 Å². The summed E-state index contributed by atoms with van der Waals surface area (Å²) in [7, 11) is -2.13. The first-order valence-corrected chi connectivity index (χ1v) is 10.9. The molecule has 6 heteroatoms. The molecule has 0 aromatic heterocycles. The largest absolute Gasteiger partial charge is 0.335 e. The molecular formula is C21H26N2O3S. The molecule has 2 aromatic rings. The topological polar surface area (TPSA) is 66.5 Å². The molecule has 27 heavy (non-hydrogen) atoms. The third kappa shape index (κ3) is 4.22. The zero-order valence-corrected chi connectivity index (χ0v) is 16.6. The standard InChI is InChI=1S/C21H26N2O3S/c1-3-14-23(19-11-8-16-6-4-5-7-18(16)15-19)21(24)17-9-12-20(13-10-17)27(25,26)22-2/h4-7,9-10,12-13,19,22H,3,8,11,14-15H2,1-2H3. The summed E-state index contributed by atoms with van der Waals surface area (Å²) in [5, 5.41) is 0. The van der Waals surface area contributed by atoms with Gasteiger partial charge >= 0.3 is 0 Å². The smallest absolute Gasteiger partial charge is 0.254 e. The van der Waals surface area contributed by atoms with E-state index in [1.807, 2.05) is 11.0 Å². The molecule has 0 bridgehead atoms. The maximum Gasteiger partial charge on any atom is 0.254 e. The van der Waals surface area contributed by atoms with Crippen LogP contribution in [0.4, 0.5) is 0 Å². The second-order valence-corrected chi connectivity index (χ2v) is 8.78. The number of nitrogens with one attached hydrogen (secondary N) is 1. The quantitative estimate of drug-likeness (QED) is 0.830. The van der Waals surface area contributed by atoms with Crippen molar-refractivity contribution >= 4 is 15.9 Å². The lowest BCUT2D eigenvalue weighted by Crippen LogP contribution is -2.43. The lowest BCUT2D eigenvalue weighted by atomic mass is 9.87. The van der Waals surface area contributed by atoms with Gasteiger partial charge < -0.3 is 4.90 Å². The average Bonchev–Trinajstić information content (AvgIpc) is 2.71. The van der Waals surface area contributed by atoms with Crippen molar-refractivity contribution in [2.75, 3.05) is 13.6 Å². The molecule has 1 N–H and O–H groups in total. The second kappa shape index (κ2) is 8.23. The Hall–Kier alpha value is -2.18. The SMILES string of the molecule is CCCN(C(=O)c1ccc(S(=O)(=O)NC)cc1)C1CCc2ccccc2C1. The molecular weight excluding hydrogens is 360 g/mol. The Morgan fingerprint density at radius 3 is 2.41 bits per heavy atom. The van der Waals surface area contributed by atoms with Crippen molar-refractivity contribution in [3.05, 3.63) is 65.2 Å². The van der Waals surface area contributed by atoms with Crippen LogP contribution >= 0.6 is 0 Å². The molecule has 144 valence electrons. The maximum atomic E-state index is 13.1. The molecule has 0 saturated carbocycles. The van der Waals surface area contributed by atoms with Crippen LogP contribution in [0, 0.1) is 0 Å². The van der Waals surface area contributed by atoms with E-state index in [4.69, 9.17) is 0 Å². The Morgan fingerprint density at radius 2 is 1.78 bits per heavy atom. The van der Waals surface area contributed by atoms with E-state index in [-0.39, 0.29) is 16.8 Å². The Labute approximate surface area is 161 Å². The molecule has 0 fully saturated rings. The first-order chi connectivity index (χ1) is 13.0. The summed E-state index contributed by atoms with van der Waals surface area (Å²) >= 11 is 0. The van der Waals surface area contributed by atoms with Gasteiger partial charge in [-0.25, -0.2) is 13.1 Å². The van der Waals surface area contributed by atoms with E-state index in [1.165, 1.54) is 30.3 Å². The van der Waals surface area contributed by atoms with E-state index in [0.29, 0.717) is 12.1 Å². The minimum absolute atomic E-state index is 0.0327. The molecule has 0 saturated heterocycles. The Bertz CT molecular complexity index is 907. The summed E-state index contributed by atoms with van der Waals surface area (Å²) in [6, 6.07) is 14.8. The van der Waals surface area contributed by atoms with Crippen molar-refractivity contribution in [2.24, 2.45) is 0 Å². The fourth-order valence-electron chi connectivity index (χ4n) is 3.70. The number of hydrogen-bond donors (Lipinski definition) is 1. The van der Waals surface area contributed by atoms with Crippen LogP contribution in [0.1, 0.15) is 41.3 Å². The Morgan fingerprint density at radius 1 is 1.11 bits per heavy atom. The van der Waals surface area contributed by atoms with Crippen LogP contribution in [0.25, 0.3) is 0 Å². The zero-order chi connectivity index (χ0) is 19.4.